The van der Waals surface area contributed by atoms with Gasteiger partial charge in [-0.05, 0) is 53.1 Å². The maximum atomic E-state index is 5.56. The minimum Gasteiger partial charge on any atom is -0.497 e. The molecule has 0 spiro atoms. The van der Waals surface area contributed by atoms with Crippen LogP contribution in [0.5, 0.6) is 17.2 Å². The zero-order chi connectivity index (χ0) is 30.8. The molecule has 0 bridgehead atoms. The van der Waals surface area contributed by atoms with Crippen molar-refractivity contribution in [1.82, 2.24) is 15.0 Å². The molecule has 0 aliphatic heterocycles. The van der Waals surface area contributed by atoms with Crippen molar-refractivity contribution >= 4 is 34.0 Å². The molecule has 3 heterocycles. The van der Waals surface area contributed by atoms with Crippen LogP contribution in [0.4, 0.5) is 0 Å². The van der Waals surface area contributed by atoms with Crippen LogP contribution < -0.4 is 14.2 Å². The second kappa shape index (κ2) is 12.6. The van der Waals surface area contributed by atoms with Gasteiger partial charge in [-0.3, -0.25) is 0 Å². The molecule has 7 aromatic rings. The molecule has 0 aliphatic carbocycles. The maximum absolute atomic E-state index is 5.56. The van der Waals surface area contributed by atoms with Crippen LogP contribution in [0.15, 0.2) is 108 Å². The summed E-state index contributed by atoms with van der Waals surface area (Å²) in [6.45, 7) is 0. The van der Waals surface area contributed by atoms with E-state index in [2.05, 4.69) is 36.4 Å². The fraction of sp³-hybridized carbons (Fsp3) is 0.0833. The largest absolute Gasteiger partial charge is 0.497 e. The number of rotatable bonds is 9. The van der Waals surface area contributed by atoms with Crippen molar-refractivity contribution in [2.24, 2.45) is 0 Å². The molecular weight excluding hydrogens is 619 g/mol. The van der Waals surface area contributed by atoms with E-state index in [-0.39, 0.29) is 0 Å². The molecule has 0 amide bonds. The molecule has 9 heteroatoms. The quantitative estimate of drug-likeness (QED) is 0.156. The van der Waals surface area contributed by atoms with Crippen LogP contribution >= 0.6 is 34.0 Å². The third-order valence-corrected chi connectivity index (χ3v) is 9.95. The van der Waals surface area contributed by atoms with Crippen molar-refractivity contribution in [3.05, 3.63) is 108 Å². The molecule has 0 fully saturated rings. The van der Waals surface area contributed by atoms with Crippen LogP contribution in [0, 0.1) is 0 Å². The Bertz CT molecular complexity index is 1760. The molecule has 6 nitrogen and oxygen atoms in total. The Morgan fingerprint density at radius 2 is 0.644 bits per heavy atom. The Kier molecular flexibility index (Phi) is 8.13. The van der Waals surface area contributed by atoms with Gasteiger partial charge in [0.1, 0.15) is 32.3 Å². The minimum absolute atomic E-state index is 0.788. The average Bonchev–Trinajstić information content (AvgIpc) is 3.92. The number of benzene rings is 4. The Labute approximate surface area is 273 Å². The van der Waals surface area contributed by atoms with Gasteiger partial charge >= 0.3 is 0 Å². The number of nitrogens with zero attached hydrogens (tertiary/aromatic N) is 3. The van der Waals surface area contributed by atoms with Crippen molar-refractivity contribution in [3.8, 4) is 82.3 Å². The molecular formula is C36H27N3O3S3. The molecule has 3 aromatic heterocycles. The highest BCUT2D eigenvalue weighted by atomic mass is 32.1. The van der Waals surface area contributed by atoms with Gasteiger partial charge in [0.15, 0.2) is 0 Å². The maximum Gasteiger partial charge on any atom is 0.124 e. The summed E-state index contributed by atoms with van der Waals surface area (Å²) in [4.78, 5) is 14.7. The van der Waals surface area contributed by atoms with E-state index in [1.807, 2.05) is 71.1 Å². The van der Waals surface area contributed by atoms with E-state index < -0.39 is 0 Å². The monoisotopic (exact) mass is 645 g/mol. The number of methoxy groups -OCH3 is 3. The molecule has 45 heavy (non-hydrogen) atoms. The first-order valence-corrected chi connectivity index (χ1v) is 16.7. The summed E-state index contributed by atoms with van der Waals surface area (Å²) in [7, 11) is 5.05. The Hall–Kier alpha value is -4.83. The van der Waals surface area contributed by atoms with Crippen LogP contribution in [0.1, 0.15) is 0 Å². The molecule has 0 aliphatic rings. The van der Waals surface area contributed by atoms with E-state index in [1.165, 1.54) is 0 Å². The van der Waals surface area contributed by atoms with Crippen molar-refractivity contribution in [1.29, 1.82) is 0 Å². The third kappa shape index (κ3) is 5.39. The molecule has 0 unspecified atom stereocenters. The molecule has 0 N–H and O–H groups in total. The van der Waals surface area contributed by atoms with Gasteiger partial charge in [-0.1, -0.05) is 36.4 Å². The van der Waals surface area contributed by atoms with Crippen LogP contribution in [-0.4, -0.2) is 36.3 Å². The molecule has 0 saturated carbocycles. The smallest absolute Gasteiger partial charge is 0.124 e. The van der Waals surface area contributed by atoms with Gasteiger partial charge in [0.05, 0.1) is 21.3 Å². The summed E-state index contributed by atoms with van der Waals surface area (Å²) >= 11 is 4.85. The summed E-state index contributed by atoms with van der Waals surface area (Å²) in [5.74, 6) is 2.36. The first-order chi connectivity index (χ1) is 22.2. The highest BCUT2D eigenvalue weighted by Gasteiger charge is 2.31. The molecule has 222 valence electrons. The van der Waals surface area contributed by atoms with Gasteiger partial charge in [-0.2, -0.15) is 0 Å². The summed E-state index contributed by atoms with van der Waals surface area (Å²) < 4.78 is 16.7. The average molecular weight is 646 g/mol. The van der Waals surface area contributed by atoms with E-state index in [9.17, 15) is 0 Å². The lowest BCUT2D eigenvalue weighted by molar-refractivity contribution is 0.415. The van der Waals surface area contributed by atoms with Crippen LogP contribution in [0.3, 0.4) is 0 Å². The second-order valence-electron chi connectivity index (χ2n) is 9.95. The number of ether oxygens (including phenoxy) is 3. The van der Waals surface area contributed by atoms with E-state index in [0.29, 0.717) is 0 Å². The van der Waals surface area contributed by atoms with Crippen LogP contribution in [0.2, 0.25) is 0 Å². The number of aromatic nitrogens is 3. The van der Waals surface area contributed by atoms with Gasteiger partial charge in [0.2, 0.25) is 0 Å². The lowest BCUT2D eigenvalue weighted by Gasteiger charge is -2.26. The first kappa shape index (κ1) is 28.9. The third-order valence-electron chi connectivity index (χ3n) is 7.57. The summed E-state index contributed by atoms with van der Waals surface area (Å²) in [6, 6.07) is 24.7. The highest BCUT2D eigenvalue weighted by Crippen LogP contribution is 2.56. The highest BCUT2D eigenvalue weighted by molar-refractivity contribution is 7.14. The zero-order valence-corrected chi connectivity index (χ0v) is 27.1. The van der Waals surface area contributed by atoms with Gasteiger partial charge < -0.3 is 14.2 Å². The van der Waals surface area contributed by atoms with E-state index in [1.54, 1.807) is 55.3 Å². The fourth-order valence-electron chi connectivity index (χ4n) is 5.57. The molecule has 7 rings (SSSR count). The van der Waals surface area contributed by atoms with Gasteiger partial charge in [0, 0.05) is 68.1 Å². The normalized spacial score (nSPS) is 11.0. The number of hydrogen-bond acceptors (Lipinski definition) is 9. The van der Waals surface area contributed by atoms with Crippen molar-refractivity contribution < 1.29 is 14.2 Å². The van der Waals surface area contributed by atoms with Crippen LogP contribution in [0.25, 0.3) is 65.1 Å². The predicted octanol–water partition coefficient (Wildman–Crippen LogP) is 10.1. The van der Waals surface area contributed by atoms with Gasteiger partial charge in [-0.15, -0.1) is 34.0 Å². The summed E-state index contributed by atoms with van der Waals surface area (Å²) in [5, 5.41) is 8.78. The second-order valence-corrected chi connectivity index (χ2v) is 12.6. The van der Waals surface area contributed by atoms with Crippen LogP contribution in [-0.2, 0) is 0 Å². The van der Waals surface area contributed by atoms with Gasteiger partial charge in [0.25, 0.3) is 0 Å². The minimum atomic E-state index is 0.788. The van der Waals surface area contributed by atoms with E-state index in [0.717, 1.165) is 82.3 Å². The SMILES string of the molecule is COc1ccc(-c2c(-c3nccs3)c(-c3ccc(OC)cc3)c(-c3nccs3)c(-c3ccc(OC)cc3)c2-c2nccs2)cc1. The van der Waals surface area contributed by atoms with Crippen molar-refractivity contribution in [2.45, 2.75) is 0 Å². The zero-order valence-electron chi connectivity index (χ0n) is 24.7. The Morgan fingerprint density at radius 3 is 0.844 bits per heavy atom. The first-order valence-electron chi connectivity index (χ1n) is 14.1. The lowest BCUT2D eigenvalue weighted by Crippen LogP contribution is -2.02. The van der Waals surface area contributed by atoms with E-state index in [4.69, 9.17) is 29.2 Å². The number of thiazole rings is 3. The Balaban J connectivity index is 1.74. The van der Waals surface area contributed by atoms with Crippen molar-refractivity contribution in [2.75, 3.05) is 21.3 Å². The number of hydrogen-bond donors (Lipinski definition) is 0. The topological polar surface area (TPSA) is 66.4 Å². The Morgan fingerprint density at radius 1 is 0.378 bits per heavy atom. The molecule has 0 radical (unpaired) electrons. The van der Waals surface area contributed by atoms with Crippen molar-refractivity contribution in [3.63, 3.8) is 0 Å². The molecule has 0 saturated heterocycles. The summed E-state index contributed by atoms with van der Waals surface area (Å²) in [5.41, 5.74) is 9.27. The van der Waals surface area contributed by atoms with Gasteiger partial charge in [-0.25, -0.2) is 15.0 Å². The fourth-order valence-corrected chi connectivity index (χ4v) is 7.65. The molecule has 4 aromatic carbocycles. The standard InChI is InChI=1S/C36H27N3O3S3/c1-40-25-10-4-22(5-11-25)28-31(34-37-16-19-43-34)29(23-6-12-26(41-2)13-7-23)33(36-39-18-21-45-36)30(32(28)35-38-17-20-44-35)24-8-14-27(42-3)15-9-24/h4-21H,1-3H3. The molecule has 0 atom stereocenters. The lowest BCUT2D eigenvalue weighted by atomic mass is 9.79. The summed E-state index contributed by atoms with van der Waals surface area (Å²) in [6.07, 6.45) is 5.58. The predicted molar refractivity (Wildman–Crippen MR) is 186 cm³/mol. The van der Waals surface area contributed by atoms with E-state index >= 15 is 0 Å².